The number of hydrogen-bond acceptors (Lipinski definition) is 4. The summed E-state index contributed by atoms with van der Waals surface area (Å²) in [6, 6.07) is 23.6. The molecule has 1 fully saturated rings. The second kappa shape index (κ2) is 11.9. The molecule has 0 bridgehead atoms. The minimum Gasteiger partial charge on any atom is -0.490 e. The SMILES string of the molecule is O=C(Nc1ccc(C(=O)N2CCCCCC2)cc1)c1ccc(OCCOc2ccccc2)cc1. The van der Waals surface area contributed by atoms with Crippen LogP contribution in [0.4, 0.5) is 5.69 Å². The number of carbonyl (C=O) groups is 2. The van der Waals surface area contributed by atoms with Crippen LogP contribution in [0.2, 0.25) is 0 Å². The molecule has 0 atom stereocenters. The number of carbonyl (C=O) groups excluding carboxylic acids is 2. The van der Waals surface area contributed by atoms with Crippen molar-refractivity contribution >= 4 is 17.5 Å². The zero-order chi connectivity index (χ0) is 23.6. The van der Waals surface area contributed by atoms with Crippen molar-refractivity contribution in [1.82, 2.24) is 4.90 Å². The van der Waals surface area contributed by atoms with Gasteiger partial charge in [-0.2, -0.15) is 0 Å². The molecule has 0 spiro atoms. The maximum absolute atomic E-state index is 12.7. The van der Waals surface area contributed by atoms with Gasteiger partial charge in [-0.1, -0.05) is 31.0 Å². The highest BCUT2D eigenvalue weighted by atomic mass is 16.5. The normalized spacial score (nSPS) is 13.6. The number of rotatable bonds is 8. The third kappa shape index (κ3) is 6.61. The summed E-state index contributed by atoms with van der Waals surface area (Å²) in [5, 5.41) is 2.88. The van der Waals surface area contributed by atoms with Gasteiger partial charge in [0.15, 0.2) is 0 Å². The molecule has 1 heterocycles. The van der Waals surface area contributed by atoms with Crippen LogP contribution < -0.4 is 14.8 Å². The largest absolute Gasteiger partial charge is 0.490 e. The lowest BCUT2D eigenvalue weighted by Crippen LogP contribution is -2.31. The van der Waals surface area contributed by atoms with E-state index in [9.17, 15) is 9.59 Å². The maximum atomic E-state index is 12.7. The topological polar surface area (TPSA) is 67.9 Å². The molecule has 34 heavy (non-hydrogen) atoms. The molecule has 1 saturated heterocycles. The monoisotopic (exact) mass is 458 g/mol. The van der Waals surface area contributed by atoms with Crippen molar-refractivity contribution in [3.05, 3.63) is 90.0 Å². The van der Waals surface area contributed by atoms with Gasteiger partial charge in [0.25, 0.3) is 11.8 Å². The van der Waals surface area contributed by atoms with E-state index in [1.807, 2.05) is 35.2 Å². The first-order valence-electron chi connectivity index (χ1n) is 11.8. The van der Waals surface area contributed by atoms with Crippen molar-refractivity contribution < 1.29 is 19.1 Å². The quantitative estimate of drug-likeness (QED) is 0.458. The van der Waals surface area contributed by atoms with Gasteiger partial charge in [0.2, 0.25) is 0 Å². The van der Waals surface area contributed by atoms with Crippen molar-refractivity contribution in [2.45, 2.75) is 25.7 Å². The van der Waals surface area contributed by atoms with Crippen LogP contribution in [-0.2, 0) is 0 Å². The summed E-state index contributed by atoms with van der Waals surface area (Å²) < 4.78 is 11.3. The second-order valence-corrected chi connectivity index (χ2v) is 8.27. The van der Waals surface area contributed by atoms with E-state index >= 15 is 0 Å². The Bertz CT molecular complexity index is 1060. The first kappa shape index (κ1) is 23.4. The number of anilines is 1. The molecule has 0 saturated carbocycles. The molecule has 2 amide bonds. The van der Waals surface area contributed by atoms with Crippen molar-refractivity contribution in [3.8, 4) is 11.5 Å². The molecular formula is C28H30N2O4. The molecule has 176 valence electrons. The molecule has 1 N–H and O–H groups in total. The number of likely N-dealkylation sites (tertiary alicyclic amines) is 1. The smallest absolute Gasteiger partial charge is 0.255 e. The first-order valence-corrected chi connectivity index (χ1v) is 11.8. The number of benzene rings is 3. The second-order valence-electron chi connectivity index (χ2n) is 8.27. The molecule has 1 aliphatic heterocycles. The first-order chi connectivity index (χ1) is 16.7. The summed E-state index contributed by atoms with van der Waals surface area (Å²) in [5.41, 5.74) is 1.83. The number of nitrogens with zero attached hydrogens (tertiary/aromatic N) is 1. The summed E-state index contributed by atoms with van der Waals surface area (Å²) in [4.78, 5) is 27.3. The van der Waals surface area contributed by atoms with E-state index in [1.54, 1.807) is 48.5 Å². The Labute approximate surface area is 200 Å². The van der Waals surface area contributed by atoms with Crippen LogP contribution in [-0.4, -0.2) is 43.0 Å². The summed E-state index contributed by atoms with van der Waals surface area (Å²) in [5.74, 6) is 1.32. The standard InChI is InChI=1S/C28H30N2O4/c31-27(22-12-16-26(17-13-22)34-21-20-33-25-8-4-3-5-9-25)29-24-14-10-23(11-15-24)28(32)30-18-6-1-2-7-19-30/h3-5,8-17H,1-2,6-7,18-21H2,(H,29,31). The van der Waals surface area contributed by atoms with Gasteiger partial charge in [-0.15, -0.1) is 0 Å². The molecule has 3 aromatic carbocycles. The molecule has 6 heteroatoms. The maximum Gasteiger partial charge on any atom is 0.255 e. The van der Waals surface area contributed by atoms with Gasteiger partial charge in [0.1, 0.15) is 24.7 Å². The predicted octanol–water partition coefficient (Wildman–Crippen LogP) is 5.41. The van der Waals surface area contributed by atoms with E-state index in [-0.39, 0.29) is 11.8 Å². The van der Waals surface area contributed by atoms with Gasteiger partial charge >= 0.3 is 0 Å². The molecule has 1 aliphatic rings. The Kier molecular flexibility index (Phi) is 8.17. The lowest BCUT2D eigenvalue weighted by molar-refractivity contribution is 0.0761. The fourth-order valence-corrected chi connectivity index (χ4v) is 3.89. The van der Waals surface area contributed by atoms with Crippen LogP contribution in [0.25, 0.3) is 0 Å². The third-order valence-electron chi connectivity index (χ3n) is 5.76. The third-order valence-corrected chi connectivity index (χ3v) is 5.76. The van der Waals surface area contributed by atoms with Crippen LogP contribution in [0.1, 0.15) is 46.4 Å². The zero-order valence-corrected chi connectivity index (χ0v) is 19.2. The molecular weight excluding hydrogens is 428 g/mol. The minimum absolute atomic E-state index is 0.0598. The van der Waals surface area contributed by atoms with Crippen LogP contribution in [0, 0.1) is 0 Å². The number of amides is 2. The van der Waals surface area contributed by atoms with Crippen molar-refractivity contribution in [1.29, 1.82) is 0 Å². The highest BCUT2D eigenvalue weighted by Crippen LogP contribution is 2.18. The van der Waals surface area contributed by atoms with Crippen molar-refractivity contribution in [3.63, 3.8) is 0 Å². The molecule has 0 aliphatic carbocycles. The van der Waals surface area contributed by atoms with E-state index in [1.165, 1.54) is 12.8 Å². The number of nitrogens with one attached hydrogen (secondary N) is 1. The average molecular weight is 459 g/mol. The van der Waals surface area contributed by atoms with E-state index in [4.69, 9.17) is 9.47 Å². The summed E-state index contributed by atoms with van der Waals surface area (Å²) in [7, 11) is 0. The van der Waals surface area contributed by atoms with E-state index in [0.717, 1.165) is 31.7 Å². The Morgan fingerprint density at radius 1 is 0.676 bits per heavy atom. The van der Waals surface area contributed by atoms with Crippen LogP contribution in [0.3, 0.4) is 0 Å². The average Bonchev–Trinajstić information content (AvgIpc) is 3.17. The van der Waals surface area contributed by atoms with Gasteiger partial charge < -0.3 is 19.7 Å². The highest BCUT2D eigenvalue weighted by molar-refractivity contribution is 6.04. The van der Waals surface area contributed by atoms with Crippen LogP contribution in [0.15, 0.2) is 78.9 Å². The fraction of sp³-hybridized carbons (Fsp3) is 0.286. The van der Waals surface area contributed by atoms with Gasteiger partial charge in [-0.05, 0) is 73.5 Å². The fourth-order valence-electron chi connectivity index (χ4n) is 3.89. The lowest BCUT2D eigenvalue weighted by Gasteiger charge is -2.20. The Balaban J connectivity index is 1.24. The molecule has 0 radical (unpaired) electrons. The highest BCUT2D eigenvalue weighted by Gasteiger charge is 2.17. The van der Waals surface area contributed by atoms with Crippen LogP contribution >= 0.6 is 0 Å². The zero-order valence-electron chi connectivity index (χ0n) is 19.2. The lowest BCUT2D eigenvalue weighted by atomic mass is 10.1. The Hall–Kier alpha value is -3.80. The molecule has 0 aromatic heterocycles. The van der Waals surface area contributed by atoms with Crippen LogP contribution in [0.5, 0.6) is 11.5 Å². The summed E-state index contributed by atoms with van der Waals surface area (Å²) in [6.07, 6.45) is 4.49. The van der Waals surface area contributed by atoms with Gasteiger partial charge in [-0.3, -0.25) is 9.59 Å². The number of para-hydroxylation sites is 1. The Morgan fingerprint density at radius 3 is 1.85 bits per heavy atom. The summed E-state index contributed by atoms with van der Waals surface area (Å²) in [6.45, 7) is 2.47. The molecule has 0 unspecified atom stereocenters. The molecule has 6 nitrogen and oxygen atoms in total. The minimum atomic E-state index is -0.217. The number of ether oxygens (including phenoxy) is 2. The van der Waals surface area contributed by atoms with E-state index < -0.39 is 0 Å². The Morgan fingerprint density at radius 2 is 1.24 bits per heavy atom. The van der Waals surface area contributed by atoms with Gasteiger partial charge in [0.05, 0.1) is 0 Å². The van der Waals surface area contributed by atoms with E-state index in [0.29, 0.717) is 35.8 Å². The van der Waals surface area contributed by atoms with E-state index in [2.05, 4.69) is 5.32 Å². The molecule has 3 aromatic rings. The van der Waals surface area contributed by atoms with Crippen molar-refractivity contribution in [2.75, 3.05) is 31.6 Å². The van der Waals surface area contributed by atoms with Gasteiger partial charge in [0, 0.05) is 29.9 Å². The molecule has 4 rings (SSSR count). The number of hydrogen-bond donors (Lipinski definition) is 1. The summed E-state index contributed by atoms with van der Waals surface area (Å²) >= 11 is 0. The van der Waals surface area contributed by atoms with Gasteiger partial charge in [-0.25, -0.2) is 0 Å². The predicted molar refractivity (Wildman–Crippen MR) is 133 cm³/mol. The van der Waals surface area contributed by atoms with Crippen molar-refractivity contribution in [2.24, 2.45) is 0 Å².